The first-order valence-corrected chi connectivity index (χ1v) is 6.67. The summed E-state index contributed by atoms with van der Waals surface area (Å²) in [6.45, 7) is 7.70. The molecule has 1 unspecified atom stereocenters. The number of rotatable bonds is 3. The van der Waals surface area contributed by atoms with Gasteiger partial charge in [-0.1, -0.05) is 17.7 Å². The number of benzene rings is 1. The molecular weight excluding hydrogens is 240 g/mol. The Kier molecular flexibility index (Phi) is 4.22. The van der Waals surface area contributed by atoms with Gasteiger partial charge in [0.15, 0.2) is 0 Å². The van der Waals surface area contributed by atoms with Gasteiger partial charge in [-0.05, 0) is 38.9 Å². The standard InChI is InChI=1S/C15H22N2O2/c1-10-5-11(2)15(12(3)6-10)17-13(7-16-4)8-19-9-14(17)18/h5-6,13,16H,7-9H2,1-4H3. The van der Waals surface area contributed by atoms with E-state index in [2.05, 4.69) is 38.2 Å². The molecule has 19 heavy (non-hydrogen) atoms. The maximum absolute atomic E-state index is 12.2. The zero-order valence-electron chi connectivity index (χ0n) is 12.1. The van der Waals surface area contributed by atoms with Crippen LogP contribution in [0.15, 0.2) is 12.1 Å². The fourth-order valence-electron chi connectivity index (χ4n) is 2.88. The second-order valence-electron chi connectivity index (χ2n) is 5.24. The lowest BCUT2D eigenvalue weighted by molar-refractivity contribution is -0.127. The van der Waals surface area contributed by atoms with Crippen LogP contribution in [0.1, 0.15) is 16.7 Å². The molecule has 1 aromatic carbocycles. The van der Waals surface area contributed by atoms with Crippen LogP contribution in [0, 0.1) is 20.8 Å². The average Bonchev–Trinajstić information content (AvgIpc) is 2.31. The van der Waals surface area contributed by atoms with Crippen LogP contribution in [-0.2, 0) is 9.53 Å². The van der Waals surface area contributed by atoms with Gasteiger partial charge in [0.25, 0.3) is 5.91 Å². The topological polar surface area (TPSA) is 41.6 Å². The van der Waals surface area contributed by atoms with Crippen molar-refractivity contribution in [2.75, 3.05) is 31.7 Å². The average molecular weight is 262 g/mol. The Labute approximate surface area is 114 Å². The highest BCUT2D eigenvalue weighted by atomic mass is 16.5. The van der Waals surface area contributed by atoms with E-state index in [1.165, 1.54) is 5.56 Å². The number of hydrogen-bond acceptors (Lipinski definition) is 3. The summed E-state index contributed by atoms with van der Waals surface area (Å²) < 4.78 is 5.37. The summed E-state index contributed by atoms with van der Waals surface area (Å²) in [6.07, 6.45) is 0. The van der Waals surface area contributed by atoms with Crippen LogP contribution in [0.5, 0.6) is 0 Å². The number of hydrogen-bond donors (Lipinski definition) is 1. The lowest BCUT2D eigenvalue weighted by Gasteiger charge is -2.37. The highest BCUT2D eigenvalue weighted by molar-refractivity contribution is 5.97. The molecule has 0 bridgehead atoms. The van der Waals surface area contributed by atoms with Gasteiger partial charge in [0.1, 0.15) is 6.61 Å². The van der Waals surface area contributed by atoms with Gasteiger partial charge in [-0.2, -0.15) is 0 Å². The molecular formula is C15H22N2O2. The fourth-order valence-corrected chi connectivity index (χ4v) is 2.88. The molecule has 0 radical (unpaired) electrons. The molecule has 1 aliphatic rings. The minimum absolute atomic E-state index is 0.0431. The first-order chi connectivity index (χ1) is 9.04. The van der Waals surface area contributed by atoms with Crippen LogP contribution in [0.2, 0.25) is 0 Å². The summed E-state index contributed by atoms with van der Waals surface area (Å²) in [4.78, 5) is 14.1. The molecule has 0 aliphatic carbocycles. The summed E-state index contributed by atoms with van der Waals surface area (Å²) >= 11 is 0. The van der Waals surface area contributed by atoms with Gasteiger partial charge in [0.2, 0.25) is 0 Å². The first kappa shape index (κ1) is 14.0. The van der Waals surface area contributed by atoms with Crippen LogP contribution in [0.25, 0.3) is 0 Å². The molecule has 4 nitrogen and oxygen atoms in total. The molecule has 104 valence electrons. The fraction of sp³-hybridized carbons (Fsp3) is 0.533. The Morgan fingerprint density at radius 3 is 2.53 bits per heavy atom. The van der Waals surface area contributed by atoms with E-state index in [0.29, 0.717) is 6.61 Å². The second kappa shape index (κ2) is 5.72. The minimum atomic E-state index is 0.0431. The predicted octanol–water partition coefficient (Wildman–Crippen LogP) is 1.56. The lowest BCUT2D eigenvalue weighted by Crippen LogP contribution is -2.54. The van der Waals surface area contributed by atoms with Crippen LogP contribution in [-0.4, -0.2) is 38.8 Å². The summed E-state index contributed by atoms with van der Waals surface area (Å²) in [5.74, 6) is 0.0431. The Hall–Kier alpha value is -1.39. The largest absolute Gasteiger partial charge is 0.369 e. The van der Waals surface area contributed by atoms with Crippen LogP contribution in [0.3, 0.4) is 0 Å². The SMILES string of the molecule is CNCC1COCC(=O)N1c1c(C)cc(C)cc1C. The van der Waals surface area contributed by atoms with Crippen molar-refractivity contribution in [2.24, 2.45) is 0 Å². The number of anilines is 1. The van der Waals surface area contributed by atoms with Gasteiger partial charge in [-0.3, -0.25) is 4.79 Å². The second-order valence-corrected chi connectivity index (χ2v) is 5.24. The van der Waals surface area contributed by atoms with E-state index in [1.807, 2.05) is 11.9 Å². The summed E-state index contributed by atoms with van der Waals surface area (Å²) in [6, 6.07) is 4.31. The zero-order chi connectivity index (χ0) is 14.0. The van der Waals surface area contributed by atoms with Crippen LogP contribution in [0.4, 0.5) is 5.69 Å². The van der Waals surface area contributed by atoms with E-state index in [0.717, 1.165) is 23.4 Å². The molecule has 1 fully saturated rings. The minimum Gasteiger partial charge on any atom is -0.369 e. The van der Waals surface area contributed by atoms with Crippen molar-refractivity contribution in [1.82, 2.24) is 5.32 Å². The van der Waals surface area contributed by atoms with Gasteiger partial charge >= 0.3 is 0 Å². The number of nitrogens with zero attached hydrogens (tertiary/aromatic N) is 1. The summed E-state index contributed by atoms with van der Waals surface area (Å²) in [5.41, 5.74) is 4.56. The number of ether oxygens (including phenoxy) is 1. The number of morpholine rings is 1. The number of aryl methyl sites for hydroxylation is 3. The van der Waals surface area contributed by atoms with Gasteiger partial charge in [-0.15, -0.1) is 0 Å². The monoisotopic (exact) mass is 262 g/mol. The normalized spacial score (nSPS) is 19.9. The molecule has 1 saturated heterocycles. The van der Waals surface area contributed by atoms with E-state index in [9.17, 15) is 4.79 Å². The Morgan fingerprint density at radius 1 is 1.32 bits per heavy atom. The number of amides is 1. The van der Waals surface area contributed by atoms with Crippen molar-refractivity contribution < 1.29 is 9.53 Å². The summed E-state index contributed by atoms with van der Waals surface area (Å²) in [7, 11) is 1.89. The molecule has 1 aliphatic heterocycles. The van der Waals surface area contributed by atoms with Gasteiger partial charge in [0.05, 0.1) is 18.3 Å². The van der Waals surface area contributed by atoms with Gasteiger partial charge in [0, 0.05) is 6.54 Å². The smallest absolute Gasteiger partial charge is 0.253 e. The highest BCUT2D eigenvalue weighted by Crippen LogP contribution is 2.29. The first-order valence-electron chi connectivity index (χ1n) is 6.67. The highest BCUT2D eigenvalue weighted by Gasteiger charge is 2.31. The molecule has 0 spiro atoms. The van der Waals surface area contributed by atoms with Crippen molar-refractivity contribution in [3.8, 4) is 0 Å². The molecule has 0 aromatic heterocycles. The van der Waals surface area contributed by atoms with E-state index in [4.69, 9.17) is 4.74 Å². The molecule has 1 atom stereocenters. The predicted molar refractivity (Wildman–Crippen MR) is 76.7 cm³/mol. The van der Waals surface area contributed by atoms with Gasteiger partial charge in [-0.25, -0.2) is 0 Å². The Balaban J connectivity index is 2.44. The molecule has 4 heteroatoms. The summed E-state index contributed by atoms with van der Waals surface area (Å²) in [5, 5.41) is 3.13. The van der Waals surface area contributed by atoms with Crippen molar-refractivity contribution in [3.63, 3.8) is 0 Å². The van der Waals surface area contributed by atoms with E-state index in [-0.39, 0.29) is 18.6 Å². The number of carbonyl (C=O) groups excluding carboxylic acids is 1. The van der Waals surface area contributed by atoms with Crippen LogP contribution < -0.4 is 10.2 Å². The Morgan fingerprint density at radius 2 is 1.95 bits per heavy atom. The maximum Gasteiger partial charge on any atom is 0.253 e. The third-order valence-electron chi connectivity index (χ3n) is 3.49. The van der Waals surface area contributed by atoms with Gasteiger partial charge < -0.3 is 15.0 Å². The quantitative estimate of drug-likeness (QED) is 0.899. The zero-order valence-corrected chi connectivity index (χ0v) is 12.1. The van der Waals surface area contributed by atoms with Crippen molar-refractivity contribution >= 4 is 11.6 Å². The molecule has 1 N–H and O–H groups in total. The lowest BCUT2D eigenvalue weighted by atomic mass is 10.0. The van der Waals surface area contributed by atoms with E-state index >= 15 is 0 Å². The van der Waals surface area contributed by atoms with E-state index in [1.54, 1.807) is 0 Å². The van der Waals surface area contributed by atoms with Crippen LogP contribution >= 0.6 is 0 Å². The number of likely N-dealkylation sites (N-methyl/N-ethyl adjacent to an activating group) is 1. The van der Waals surface area contributed by atoms with Crippen molar-refractivity contribution in [1.29, 1.82) is 0 Å². The molecule has 0 saturated carbocycles. The molecule has 2 rings (SSSR count). The number of nitrogens with one attached hydrogen (secondary N) is 1. The number of carbonyl (C=O) groups is 1. The maximum atomic E-state index is 12.2. The molecule has 1 amide bonds. The van der Waals surface area contributed by atoms with E-state index < -0.39 is 0 Å². The van der Waals surface area contributed by atoms with Crippen molar-refractivity contribution in [2.45, 2.75) is 26.8 Å². The third-order valence-corrected chi connectivity index (χ3v) is 3.49. The Bertz CT molecular complexity index is 460. The molecule has 1 aromatic rings. The third kappa shape index (κ3) is 2.80. The van der Waals surface area contributed by atoms with Crippen molar-refractivity contribution in [3.05, 3.63) is 28.8 Å². The molecule has 1 heterocycles.